The Kier molecular flexibility index (Phi) is 8.15. The SMILES string of the molecule is C=C(C)CN=C(N)NCCc1csc(C)n1.I. The molecule has 0 aliphatic carbocycles. The number of nitrogens with one attached hydrogen (secondary N) is 1. The molecule has 0 amide bonds. The molecule has 0 saturated heterocycles. The van der Waals surface area contributed by atoms with Gasteiger partial charge in [0.15, 0.2) is 5.96 Å². The van der Waals surface area contributed by atoms with E-state index in [1.165, 1.54) is 0 Å². The summed E-state index contributed by atoms with van der Waals surface area (Å²) in [7, 11) is 0. The first kappa shape index (κ1) is 16.4. The van der Waals surface area contributed by atoms with Gasteiger partial charge in [-0.2, -0.15) is 0 Å². The number of nitrogens with zero attached hydrogens (tertiary/aromatic N) is 2. The molecule has 17 heavy (non-hydrogen) atoms. The number of aliphatic imine (C=N–C) groups is 1. The van der Waals surface area contributed by atoms with E-state index in [4.69, 9.17) is 5.73 Å². The van der Waals surface area contributed by atoms with Crippen molar-refractivity contribution in [3.63, 3.8) is 0 Å². The number of rotatable bonds is 5. The zero-order valence-electron chi connectivity index (χ0n) is 10.2. The van der Waals surface area contributed by atoms with E-state index in [2.05, 4.69) is 27.3 Å². The number of nitrogens with two attached hydrogens (primary N) is 1. The highest BCUT2D eigenvalue weighted by Gasteiger charge is 1.98. The molecule has 0 atom stereocenters. The van der Waals surface area contributed by atoms with Crippen molar-refractivity contribution in [3.05, 3.63) is 28.2 Å². The van der Waals surface area contributed by atoms with E-state index < -0.39 is 0 Å². The van der Waals surface area contributed by atoms with E-state index >= 15 is 0 Å². The van der Waals surface area contributed by atoms with Crippen LogP contribution >= 0.6 is 35.3 Å². The zero-order valence-corrected chi connectivity index (χ0v) is 13.3. The second-order valence-corrected chi connectivity index (χ2v) is 4.76. The number of hydrogen-bond acceptors (Lipinski definition) is 3. The van der Waals surface area contributed by atoms with E-state index in [1.54, 1.807) is 11.3 Å². The minimum absolute atomic E-state index is 0. The number of halogens is 1. The van der Waals surface area contributed by atoms with Crippen molar-refractivity contribution in [2.24, 2.45) is 10.7 Å². The van der Waals surface area contributed by atoms with E-state index in [9.17, 15) is 0 Å². The summed E-state index contributed by atoms with van der Waals surface area (Å²) in [5, 5.41) is 6.21. The van der Waals surface area contributed by atoms with Crippen LogP contribution in [-0.2, 0) is 6.42 Å². The molecule has 1 heterocycles. The molecule has 0 saturated carbocycles. The Morgan fingerprint density at radius 2 is 2.35 bits per heavy atom. The van der Waals surface area contributed by atoms with Gasteiger partial charge in [-0.15, -0.1) is 35.3 Å². The molecule has 0 spiro atoms. The average Bonchev–Trinajstić information content (AvgIpc) is 2.61. The zero-order chi connectivity index (χ0) is 12.0. The third-order valence-electron chi connectivity index (χ3n) is 1.87. The van der Waals surface area contributed by atoms with E-state index in [1.807, 2.05) is 13.8 Å². The van der Waals surface area contributed by atoms with Gasteiger partial charge in [0.25, 0.3) is 0 Å². The summed E-state index contributed by atoms with van der Waals surface area (Å²) in [5.74, 6) is 0.468. The predicted octanol–water partition coefficient (Wildman–Crippen LogP) is 2.09. The van der Waals surface area contributed by atoms with Gasteiger partial charge in [0.05, 0.1) is 17.2 Å². The van der Waals surface area contributed by atoms with Crippen LogP contribution in [0.5, 0.6) is 0 Å². The summed E-state index contributed by atoms with van der Waals surface area (Å²) in [5.41, 5.74) is 7.77. The summed E-state index contributed by atoms with van der Waals surface area (Å²) >= 11 is 1.67. The molecular formula is C11H19IN4S. The van der Waals surface area contributed by atoms with Crippen LogP contribution in [0.3, 0.4) is 0 Å². The third kappa shape index (κ3) is 7.32. The molecule has 0 aromatic carbocycles. The summed E-state index contributed by atoms with van der Waals surface area (Å²) in [4.78, 5) is 8.49. The Labute approximate surface area is 123 Å². The largest absolute Gasteiger partial charge is 0.370 e. The fourth-order valence-corrected chi connectivity index (χ4v) is 1.76. The molecule has 1 aromatic rings. The van der Waals surface area contributed by atoms with Gasteiger partial charge < -0.3 is 11.1 Å². The quantitative estimate of drug-likeness (QED) is 0.363. The first-order chi connectivity index (χ1) is 7.58. The lowest BCUT2D eigenvalue weighted by Gasteiger charge is -2.03. The monoisotopic (exact) mass is 366 g/mol. The van der Waals surface area contributed by atoms with Gasteiger partial charge in [-0.05, 0) is 13.8 Å². The molecular weight excluding hydrogens is 347 g/mol. The number of guanidine groups is 1. The fraction of sp³-hybridized carbons (Fsp3) is 0.455. The van der Waals surface area contributed by atoms with Gasteiger partial charge in [0.1, 0.15) is 0 Å². The Morgan fingerprint density at radius 1 is 1.65 bits per heavy atom. The Morgan fingerprint density at radius 3 is 2.88 bits per heavy atom. The van der Waals surface area contributed by atoms with Crippen molar-refractivity contribution in [2.45, 2.75) is 20.3 Å². The summed E-state index contributed by atoms with van der Waals surface area (Å²) < 4.78 is 0. The maximum Gasteiger partial charge on any atom is 0.188 e. The van der Waals surface area contributed by atoms with Gasteiger partial charge in [0.2, 0.25) is 0 Å². The smallest absolute Gasteiger partial charge is 0.188 e. The van der Waals surface area contributed by atoms with Gasteiger partial charge in [-0.3, -0.25) is 0 Å². The van der Waals surface area contributed by atoms with Crippen LogP contribution in [-0.4, -0.2) is 24.0 Å². The van der Waals surface area contributed by atoms with Crippen molar-refractivity contribution in [2.75, 3.05) is 13.1 Å². The second kappa shape index (κ2) is 8.46. The van der Waals surface area contributed by atoms with E-state index in [0.29, 0.717) is 12.5 Å². The van der Waals surface area contributed by atoms with Crippen molar-refractivity contribution in [1.29, 1.82) is 0 Å². The lowest BCUT2D eigenvalue weighted by Crippen LogP contribution is -2.33. The lowest BCUT2D eigenvalue weighted by molar-refractivity contribution is 0.834. The highest BCUT2D eigenvalue weighted by Crippen LogP contribution is 2.07. The molecule has 0 unspecified atom stereocenters. The highest BCUT2D eigenvalue weighted by molar-refractivity contribution is 14.0. The maximum absolute atomic E-state index is 5.67. The summed E-state index contributed by atoms with van der Waals surface area (Å²) in [6.45, 7) is 9.02. The molecule has 96 valence electrons. The topological polar surface area (TPSA) is 63.3 Å². The number of aryl methyl sites for hydroxylation is 1. The first-order valence-corrected chi connectivity index (χ1v) is 6.05. The van der Waals surface area contributed by atoms with Gasteiger partial charge in [0, 0.05) is 18.3 Å². The predicted molar refractivity (Wildman–Crippen MR) is 85.3 cm³/mol. The Hall–Kier alpha value is -0.630. The molecule has 6 heteroatoms. The van der Waals surface area contributed by atoms with Crippen molar-refractivity contribution < 1.29 is 0 Å². The number of hydrogen-bond donors (Lipinski definition) is 2. The molecule has 4 nitrogen and oxygen atoms in total. The van der Waals surface area contributed by atoms with Crippen LogP contribution in [0.25, 0.3) is 0 Å². The van der Waals surface area contributed by atoms with Crippen LogP contribution in [0, 0.1) is 6.92 Å². The van der Waals surface area contributed by atoms with Crippen molar-refractivity contribution in [1.82, 2.24) is 10.3 Å². The van der Waals surface area contributed by atoms with Crippen LogP contribution < -0.4 is 11.1 Å². The first-order valence-electron chi connectivity index (χ1n) is 5.17. The van der Waals surface area contributed by atoms with Gasteiger partial charge in [-0.1, -0.05) is 12.2 Å². The fourth-order valence-electron chi connectivity index (χ4n) is 1.12. The number of thiazole rings is 1. The van der Waals surface area contributed by atoms with Crippen LogP contribution in [0.4, 0.5) is 0 Å². The minimum Gasteiger partial charge on any atom is -0.370 e. The van der Waals surface area contributed by atoms with Crippen molar-refractivity contribution >= 4 is 41.3 Å². The van der Waals surface area contributed by atoms with Crippen LogP contribution in [0.2, 0.25) is 0 Å². The molecule has 1 rings (SSSR count). The molecule has 0 aliphatic rings. The standard InChI is InChI=1S/C11H18N4S.HI/c1-8(2)6-14-11(12)13-5-4-10-7-16-9(3)15-10;/h7H,1,4-6H2,2-3H3,(H3,12,13,14);1H. The Bertz CT molecular complexity index is 387. The van der Waals surface area contributed by atoms with Crippen LogP contribution in [0.1, 0.15) is 17.6 Å². The van der Waals surface area contributed by atoms with E-state index in [-0.39, 0.29) is 24.0 Å². The normalized spacial score (nSPS) is 10.8. The Balaban J connectivity index is 0.00000256. The number of aromatic nitrogens is 1. The summed E-state index contributed by atoms with van der Waals surface area (Å²) in [6.07, 6.45) is 0.869. The third-order valence-corrected chi connectivity index (χ3v) is 2.70. The molecule has 3 N–H and O–H groups in total. The minimum atomic E-state index is 0. The lowest BCUT2D eigenvalue weighted by atomic mass is 10.3. The second-order valence-electron chi connectivity index (χ2n) is 3.69. The average molecular weight is 366 g/mol. The van der Waals surface area contributed by atoms with Gasteiger partial charge >= 0.3 is 0 Å². The van der Waals surface area contributed by atoms with Crippen LogP contribution in [0.15, 0.2) is 22.5 Å². The van der Waals surface area contributed by atoms with Gasteiger partial charge in [-0.25, -0.2) is 9.98 Å². The molecule has 1 aromatic heterocycles. The molecule has 0 bridgehead atoms. The highest BCUT2D eigenvalue weighted by atomic mass is 127. The van der Waals surface area contributed by atoms with E-state index in [0.717, 1.165) is 29.2 Å². The van der Waals surface area contributed by atoms with Crippen molar-refractivity contribution in [3.8, 4) is 0 Å². The molecule has 0 aliphatic heterocycles. The maximum atomic E-state index is 5.67. The summed E-state index contributed by atoms with van der Waals surface area (Å²) in [6, 6.07) is 0. The molecule has 0 radical (unpaired) electrons. The molecule has 0 fully saturated rings.